The van der Waals surface area contributed by atoms with Gasteiger partial charge >= 0.3 is 0 Å². The zero-order valence-corrected chi connectivity index (χ0v) is 12.6. The minimum Gasteiger partial charge on any atom is -0.373 e. The van der Waals surface area contributed by atoms with E-state index in [4.69, 9.17) is 10.5 Å². The van der Waals surface area contributed by atoms with Crippen molar-refractivity contribution >= 4 is 0 Å². The second kappa shape index (κ2) is 7.44. The van der Waals surface area contributed by atoms with Gasteiger partial charge in [-0.15, -0.1) is 0 Å². The summed E-state index contributed by atoms with van der Waals surface area (Å²) < 4.78 is 6.24. The molecule has 0 radical (unpaired) electrons. The van der Waals surface area contributed by atoms with Crippen molar-refractivity contribution in [1.29, 1.82) is 0 Å². The van der Waals surface area contributed by atoms with Gasteiger partial charge in [0.25, 0.3) is 0 Å². The SMILES string of the molecule is CCOC1(C(N)C2=CCCCCC2)CCCCCC1. The first-order valence-corrected chi connectivity index (χ1v) is 8.37. The lowest BCUT2D eigenvalue weighted by molar-refractivity contribution is -0.0615. The molecular weight excluding hydrogens is 234 g/mol. The first-order valence-electron chi connectivity index (χ1n) is 8.37. The minimum atomic E-state index is -0.0680. The summed E-state index contributed by atoms with van der Waals surface area (Å²) in [5, 5.41) is 0. The van der Waals surface area contributed by atoms with Gasteiger partial charge in [-0.1, -0.05) is 43.8 Å². The van der Waals surface area contributed by atoms with E-state index >= 15 is 0 Å². The third-order valence-corrected chi connectivity index (χ3v) is 4.92. The van der Waals surface area contributed by atoms with E-state index in [0.717, 1.165) is 19.4 Å². The number of allylic oxidation sites excluding steroid dienone is 1. The van der Waals surface area contributed by atoms with E-state index in [-0.39, 0.29) is 11.6 Å². The monoisotopic (exact) mass is 265 g/mol. The molecule has 0 heterocycles. The van der Waals surface area contributed by atoms with Crippen molar-refractivity contribution in [3.05, 3.63) is 11.6 Å². The van der Waals surface area contributed by atoms with Crippen molar-refractivity contribution in [3.63, 3.8) is 0 Å². The molecule has 1 unspecified atom stereocenters. The van der Waals surface area contributed by atoms with E-state index in [0.29, 0.717) is 0 Å². The van der Waals surface area contributed by atoms with E-state index in [1.807, 2.05) is 0 Å². The van der Waals surface area contributed by atoms with Crippen LogP contribution in [0.15, 0.2) is 11.6 Å². The van der Waals surface area contributed by atoms with Gasteiger partial charge in [-0.3, -0.25) is 0 Å². The molecule has 2 rings (SSSR count). The maximum atomic E-state index is 6.69. The van der Waals surface area contributed by atoms with Gasteiger partial charge in [0, 0.05) is 6.61 Å². The Morgan fingerprint density at radius 2 is 1.79 bits per heavy atom. The number of nitrogens with two attached hydrogens (primary N) is 1. The Kier molecular flexibility index (Phi) is 5.90. The second-order valence-electron chi connectivity index (χ2n) is 6.27. The van der Waals surface area contributed by atoms with Gasteiger partial charge in [-0.25, -0.2) is 0 Å². The van der Waals surface area contributed by atoms with Crippen molar-refractivity contribution < 1.29 is 4.74 Å². The Bertz CT molecular complexity index is 290. The van der Waals surface area contributed by atoms with E-state index in [2.05, 4.69) is 13.0 Å². The summed E-state index contributed by atoms with van der Waals surface area (Å²) >= 11 is 0. The lowest BCUT2D eigenvalue weighted by Crippen LogP contribution is -2.51. The summed E-state index contributed by atoms with van der Waals surface area (Å²) in [6, 6.07) is 0.128. The van der Waals surface area contributed by atoms with E-state index in [1.165, 1.54) is 63.4 Å². The summed E-state index contributed by atoms with van der Waals surface area (Å²) in [4.78, 5) is 0. The molecule has 0 aromatic heterocycles. The third kappa shape index (κ3) is 3.82. The van der Waals surface area contributed by atoms with Crippen LogP contribution in [0.25, 0.3) is 0 Å². The number of ether oxygens (including phenoxy) is 1. The van der Waals surface area contributed by atoms with Crippen molar-refractivity contribution in [3.8, 4) is 0 Å². The highest BCUT2D eigenvalue weighted by Gasteiger charge is 2.39. The van der Waals surface area contributed by atoms with Crippen LogP contribution in [0.5, 0.6) is 0 Å². The highest BCUT2D eigenvalue weighted by atomic mass is 16.5. The molecule has 1 fully saturated rings. The molecule has 0 bridgehead atoms. The van der Waals surface area contributed by atoms with Gasteiger partial charge in [0.1, 0.15) is 0 Å². The Morgan fingerprint density at radius 3 is 2.47 bits per heavy atom. The molecule has 1 saturated carbocycles. The fraction of sp³-hybridized carbons (Fsp3) is 0.882. The zero-order valence-electron chi connectivity index (χ0n) is 12.6. The molecule has 0 amide bonds. The van der Waals surface area contributed by atoms with Gasteiger partial charge in [0.15, 0.2) is 0 Å². The maximum absolute atomic E-state index is 6.69. The molecule has 2 aliphatic rings. The maximum Gasteiger partial charge on any atom is 0.0870 e. The first kappa shape index (κ1) is 15.1. The number of rotatable bonds is 4. The molecule has 1 atom stereocenters. The molecule has 0 spiro atoms. The first-order chi connectivity index (χ1) is 9.28. The fourth-order valence-electron chi connectivity index (χ4n) is 3.82. The smallest absolute Gasteiger partial charge is 0.0870 e. The molecule has 2 aliphatic carbocycles. The molecule has 2 nitrogen and oxygen atoms in total. The van der Waals surface area contributed by atoms with Gasteiger partial charge in [-0.2, -0.15) is 0 Å². The Balaban J connectivity index is 2.13. The van der Waals surface area contributed by atoms with E-state index < -0.39 is 0 Å². The summed E-state index contributed by atoms with van der Waals surface area (Å²) in [5.41, 5.74) is 8.10. The number of hydrogen-bond acceptors (Lipinski definition) is 2. The van der Waals surface area contributed by atoms with Crippen LogP contribution in [0.1, 0.15) is 77.6 Å². The molecule has 2 heteroatoms. The fourth-order valence-corrected chi connectivity index (χ4v) is 3.82. The molecule has 0 aromatic carbocycles. The summed E-state index contributed by atoms with van der Waals surface area (Å²) in [5.74, 6) is 0. The highest BCUT2D eigenvalue weighted by Crippen LogP contribution is 2.37. The molecule has 0 saturated heterocycles. The lowest BCUT2D eigenvalue weighted by Gasteiger charge is -2.39. The largest absolute Gasteiger partial charge is 0.373 e. The number of hydrogen-bond donors (Lipinski definition) is 1. The quantitative estimate of drug-likeness (QED) is 0.606. The van der Waals surface area contributed by atoms with Crippen molar-refractivity contribution in [1.82, 2.24) is 0 Å². The van der Waals surface area contributed by atoms with Gasteiger partial charge < -0.3 is 10.5 Å². The van der Waals surface area contributed by atoms with Crippen LogP contribution in [-0.2, 0) is 4.74 Å². The predicted octanol–water partition coefficient (Wildman–Crippen LogP) is 4.33. The minimum absolute atomic E-state index is 0.0680. The highest BCUT2D eigenvalue weighted by molar-refractivity contribution is 5.18. The Hall–Kier alpha value is -0.340. The van der Waals surface area contributed by atoms with Crippen molar-refractivity contribution in [2.24, 2.45) is 5.73 Å². The second-order valence-corrected chi connectivity index (χ2v) is 6.27. The molecule has 110 valence electrons. The van der Waals surface area contributed by atoms with Crippen LogP contribution in [0.4, 0.5) is 0 Å². The van der Waals surface area contributed by atoms with E-state index in [1.54, 1.807) is 0 Å². The standard InChI is InChI=1S/C17H31NO/c1-2-19-17(13-9-5-6-10-14-17)16(18)15-11-7-3-4-8-12-15/h11,16H,2-10,12-14,18H2,1H3. The Labute approximate surface area is 118 Å². The van der Waals surface area contributed by atoms with Crippen LogP contribution < -0.4 is 5.73 Å². The molecule has 2 N–H and O–H groups in total. The zero-order chi connectivity index (χ0) is 13.6. The Morgan fingerprint density at radius 1 is 1.11 bits per heavy atom. The van der Waals surface area contributed by atoms with Gasteiger partial charge in [0.2, 0.25) is 0 Å². The van der Waals surface area contributed by atoms with Crippen molar-refractivity contribution in [2.75, 3.05) is 6.61 Å². The predicted molar refractivity (Wildman–Crippen MR) is 81.2 cm³/mol. The topological polar surface area (TPSA) is 35.2 Å². The lowest BCUT2D eigenvalue weighted by atomic mass is 9.81. The molecule has 0 aliphatic heterocycles. The average molecular weight is 265 g/mol. The average Bonchev–Trinajstić information content (AvgIpc) is 2.81. The molecular formula is C17H31NO. The summed E-state index contributed by atoms with van der Waals surface area (Å²) in [7, 11) is 0. The van der Waals surface area contributed by atoms with Crippen molar-refractivity contribution in [2.45, 2.75) is 89.2 Å². The van der Waals surface area contributed by atoms with Crippen LogP contribution in [-0.4, -0.2) is 18.2 Å². The molecule has 0 aromatic rings. The van der Waals surface area contributed by atoms with Crippen LogP contribution in [0, 0.1) is 0 Å². The third-order valence-electron chi connectivity index (χ3n) is 4.92. The van der Waals surface area contributed by atoms with Gasteiger partial charge in [-0.05, 0) is 45.4 Å². The van der Waals surface area contributed by atoms with Crippen LogP contribution >= 0.6 is 0 Å². The summed E-state index contributed by atoms with van der Waals surface area (Å²) in [6.07, 6.45) is 16.4. The summed E-state index contributed by atoms with van der Waals surface area (Å²) in [6.45, 7) is 2.90. The van der Waals surface area contributed by atoms with Gasteiger partial charge in [0.05, 0.1) is 11.6 Å². The van der Waals surface area contributed by atoms with Crippen LogP contribution in [0.2, 0.25) is 0 Å². The molecule has 19 heavy (non-hydrogen) atoms. The normalized spacial score (nSPS) is 26.1. The van der Waals surface area contributed by atoms with E-state index in [9.17, 15) is 0 Å². The van der Waals surface area contributed by atoms with Crippen LogP contribution in [0.3, 0.4) is 0 Å².